The molecule has 0 atom stereocenters. The minimum Gasteiger partial charge on any atom is -0.478 e. The first-order valence-corrected chi connectivity index (χ1v) is 4.59. The van der Waals surface area contributed by atoms with Crippen molar-refractivity contribution < 1.29 is 14.3 Å². The Morgan fingerprint density at radius 2 is 1.75 bits per heavy atom. The zero-order valence-corrected chi connectivity index (χ0v) is 9.97. The lowest BCUT2D eigenvalue weighted by atomic mass is 10.1. The maximum Gasteiger partial charge on any atom is 0.337 e. The number of rotatable bonds is 3. The number of carbonyl (C=O) groups is 1. The van der Waals surface area contributed by atoms with E-state index < -0.39 is 0 Å². The van der Waals surface area contributed by atoms with Gasteiger partial charge in [-0.1, -0.05) is 0 Å². The van der Waals surface area contributed by atoms with Crippen molar-refractivity contribution in [3.63, 3.8) is 0 Å². The van der Waals surface area contributed by atoms with E-state index in [0.29, 0.717) is 17.7 Å². The number of halogens is 1. The number of carbonyl (C=O) groups excluding carboxylic acids is 1. The number of methoxy groups -OCH3 is 1. The fourth-order valence-electron chi connectivity index (χ4n) is 1.10. The highest BCUT2D eigenvalue weighted by atomic mass is 35.5. The van der Waals surface area contributed by atoms with Gasteiger partial charge in [0.25, 0.3) is 0 Å². The van der Waals surface area contributed by atoms with E-state index in [2.05, 4.69) is 4.74 Å². The second kappa shape index (κ2) is 6.85. The minimum atomic E-state index is -0.385. The van der Waals surface area contributed by atoms with Crippen LogP contribution >= 0.6 is 12.4 Å². The van der Waals surface area contributed by atoms with Gasteiger partial charge in [0.2, 0.25) is 5.90 Å². The fourth-order valence-corrected chi connectivity index (χ4v) is 1.10. The minimum absolute atomic E-state index is 0. The number of benzene rings is 1. The first kappa shape index (κ1) is 14.5. The lowest BCUT2D eigenvalue weighted by Gasteiger charge is -2.05. The molecule has 88 valence electrons. The molecule has 0 spiro atoms. The third-order valence-electron chi connectivity index (χ3n) is 1.86. The summed E-state index contributed by atoms with van der Waals surface area (Å²) in [6.45, 7) is 2.27. The van der Waals surface area contributed by atoms with E-state index >= 15 is 0 Å². The topological polar surface area (TPSA) is 59.4 Å². The van der Waals surface area contributed by atoms with Crippen molar-refractivity contribution in [3.8, 4) is 0 Å². The maximum atomic E-state index is 11.1. The molecule has 0 aliphatic carbocycles. The van der Waals surface area contributed by atoms with Gasteiger partial charge in [0.15, 0.2) is 0 Å². The van der Waals surface area contributed by atoms with E-state index in [-0.39, 0.29) is 24.3 Å². The van der Waals surface area contributed by atoms with Crippen LogP contribution in [0.1, 0.15) is 22.8 Å². The summed E-state index contributed by atoms with van der Waals surface area (Å²) in [5, 5.41) is 7.51. The second-order valence-corrected chi connectivity index (χ2v) is 2.83. The molecule has 0 aliphatic rings. The van der Waals surface area contributed by atoms with Gasteiger partial charge in [-0.05, 0) is 31.2 Å². The van der Waals surface area contributed by atoms with Crippen LogP contribution < -0.4 is 0 Å². The lowest BCUT2D eigenvalue weighted by molar-refractivity contribution is 0.0600. The van der Waals surface area contributed by atoms with Crippen LogP contribution in [0.5, 0.6) is 0 Å². The Balaban J connectivity index is 0.00000225. The highest BCUT2D eigenvalue weighted by Crippen LogP contribution is 2.06. The predicted molar refractivity (Wildman–Crippen MR) is 63.5 cm³/mol. The molecule has 0 radical (unpaired) electrons. The van der Waals surface area contributed by atoms with Gasteiger partial charge in [-0.2, -0.15) is 0 Å². The lowest BCUT2D eigenvalue weighted by Crippen LogP contribution is -2.06. The highest BCUT2D eigenvalue weighted by Gasteiger charge is 2.06. The van der Waals surface area contributed by atoms with Crippen molar-refractivity contribution in [1.82, 2.24) is 0 Å². The summed E-state index contributed by atoms with van der Waals surface area (Å²) in [7, 11) is 1.33. The van der Waals surface area contributed by atoms with Gasteiger partial charge in [0.1, 0.15) is 0 Å². The maximum absolute atomic E-state index is 11.1. The number of esters is 1. The van der Waals surface area contributed by atoms with Gasteiger partial charge < -0.3 is 9.47 Å². The third kappa shape index (κ3) is 3.55. The van der Waals surface area contributed by atoms with Crippen molar-refractivity contribution in [3.05, 3.63) is 35.4 Å². The average Bonchev–Trinajstić information content (AvgIpc) is 2.28. The number of nitrogens with one attached hydrogen (secondary N) is 1. The number of ether oxygens (including phenoxy) is 2. The van der Waals surface area contributed by atoms with Gasteiger partial charge in [-0.3, -0.25) is 5.41 Å². The summed E-state index contributed by atoms with van der Waals surface area (Å²) < 4.78 is 9.58. The van der Waals surface area contributed by atoms with Crippen molar-refractivity contribution >= 4 is 24.3 Å². The Morgan fingerprint density at radius 1 is 1.25 bits per heavy atom. The molecule has 4 nitrogen and oxygen atoms in total. The molecule has 1 rings (SSSR count). The third-order valence-corrected chi connectivity index (χ3v) is 1.86. The molecule has 0 unspecified atom stereocenters. The summed E-state index contributed by atoms with van der Waals surface area (Å²) in [5.74, 6) is -0.279. The Hall–Kier alpha value is -1.55. The van der Waals surface area contributed by atoms with Crippen molar-refractivity contribution in [2.24, 2.45) is 0 Å². The zero-order valence-electron chi connectivity index (χ0n) is 9.15. The molecule has 0 fully saturated rings. The predicted octanol–water partition coefficient (Wildman–Crippen LogP) is 2.26. The molecule has 1 aromatic rings. The van der Waals surface area contributed by atoms with E-state index in [0.717, 1.165) is 0 Å². The normalized spacial score (nSPS) is 8.88. The van der Waals surface area contributed by atoms with Gasteiger partial charge in [0, 0.05) is 5.56 Å². The van der Waals surface area contributed by atoms with E-state index in [1.165, 1.54) is 7.11 Å². The molecule has 0 aliphatic heterocycles. The second-order valence-electron chi connectivity index (χ2n) is 2.83. The Labute approximate surface area is 100 Å². The largest absolute Gasteiger partial charge is 0.478 e. The number of hydrogen-bond acceptors (Lipinski definition) is 4. The summed E-state index contributed by atoms with van der Waals surface area (Å²) in [6, 6.07) is 6.53. The Morgan fingerprint density at radius 3 is 2.19 bits per heavy atom. The summed E-state index contributed by atoms with van der Waals surface area (Å²) in [5.41, 5.74) is 1.11. The molecule has 0 amide bonds. The highest BCUT2D eigenvalue weighted by molar-refractivity contribution is 5.94. The van der Waals surface area contributed by atoms with Crippen LogP contribution in [0.2, 0.25) is 0 Å². The van der Waals surface area contributed by atoms with E-state index in [1.54, 1.807) is 24.3 Å². The molecule has 0 aromatic heterocycles. The molecular weight excluding hydrogens is 230 g/mol. The summed E-state index contributed by atoms with van der Waals surface area (Å²) in [6.07, 6.45) is 0. The van der Waals surface area contributed by atoms with Crippen LogP contribution in [0, 0.1) is 5.41 Å². The molecule has 16 heavy (non-hydrogen) atoms. The van der Waals surface area contributed by atoms with Gasteiger partial charge in [-0.25, -0.2) is 4.79 Å². The van der Waals surface area contributed by atoms with Crippen LogP contribution in [0.4, 0.5) is 0 Å². The van der Waals surface area contributed by atoms with Crippen LogP contribution in [-0.4, -0.2) is 25.6 Å². The van der Waals surface area contributed by atoms with Gasteiger partial charge >= 0.3 is 5.97 Å². The smallest absolute Gasteiger partial charge is 0.337 e. The molecule has 0 saturated carbocycles. The average molecular weight is 244 g/mol. The standard InChI is InChI=1S/C11H13NO3.ClH/c1-3-15-10(12)8-4-6-9(7-5-8)11(13)14-2;/h4-7,12H,3H2,1-2H3;1H. The SMILES string of the molecule is CCOC(=N)c1ccc(C(=O)OC)cc1.Cl. The Bertz CT molecular complexity index is 362. The monoisotopic (exact) mass is 243 g/mol. The first-order valence-electron chi connectivity index (χ1n) is 4.59. The quantitative estimate of drug-likeness (QED) is 0.503. The Kier molecular flexibility index (Phi) is 6.18. The van der Waals surface area contributed by atoms with E-state index in [1.807, 2.05) is 6.92 Å². The molecule has 1 N–H and O–H groups in total. The van der Waals surface area contributed by atoms with E-state index in [4.69, 9.17) is 10.1 Å². The van der Waals surface area contributed by atoms with Gasteiger partial charge in [0.05, 0.1) is 19.3 Å². The summed E-state index contributed by atoms with van der Waals surface area (Å²) in [4.78, 5) is 11.1. The first-order chi connectivity index (χ1) is 7.19. The molecule has 1 aromatic carbocycles. The van der Waals surface area contributed by atoms with Crippen LogP contribution in [0.25, 0.3) is 0 Å². The zero-order chi connectivity index (χ0) is 11.3. The van der Waals surface area contributed by atoms with Crippen molar-refractivity contribution in [1.29, 1.82) is 5.41 Å². The molecule has 5 heteroatoms. The van der Waals surface area contributed by atoms with Crippen LogP contribution in [0.3, 0.4) is 0 Å². The van der Waals surface area contributed by atoms with Crippen LogP contribution in [0.15, 0.2) is 24.3 Å². The molecule has 0 bridgehead atoms. The molecule has 0 saturated heterocycles. The van der Waals surface area contributed by atoms with Crippen LogP contribution in [-0.2, 0) is 9.47 Å². The fraction of sp³-hybridized carbons (Fsp3) is 0.273. The number of hydrogen-bond donors (Lipinski definition) is 1. The van der Waals surface area contributed by atoms with Crippen molar-refractivity contribution in [2.45, 2.75) is 6.92 Å². The summed E-state index contributed by atoms with van der Waals surface area (Å²) >= 11 is 0. The molecule has 0 heterocycles. The van der Waals surface area contributed by atoms with Crippen molar-refractivity contribution in [2.75, 3.05) is 13.7 Å². The molecular formula is C11H14ClNO3. The van der Waals surface area contributed by atoms with Gasteiger partial charge in [-0.15, -0.1) is 12.4 Å². The van der Waals surface area contributed by atoms with E-state index in [9.17, 15) is 4.79 Å².